The van der Waals surface area contributed by atoms with Crippen molar-refractivity contribution in [3.63, 3.8) is 0 Å². The Morgan fingerprint density at radius 1 is 1.33 bits per heavy atom. The van der Waals surface area contributed by atoms with E-state index in [1.54, 1.807) is 6.07 Å². The maximum Gasteiger partial charge on any atom is 0.338 e. The van der Waals surface area contributed by atoms with Gasteiger partial charge in [0.2, 0.25) is 0 Å². The third kappa shape index (κ3) is 2.54. The summed E-state index contributed by atoms with van der Waals surface area (Å²) in [7, 11) is 0. The second kappa shape index (κ2) is 5.13. The molecule has 18 heavy (non-hydrogen) atoms. The Kier molecular flexibility index (Phi) is 3.38. The highest BCUT2D eigenvalue weighted by atomic mass is 16.4. The first-order valence-electron chi connectivity index (χ1n) is 5.15. The first-order valence-corrected chi connectivity index (χ1v) is 5.15. The van der Waals surface area contributed by atoms with Gasteiger partial charge in [-0.2, -0.15) is 0 Å². The highest BCUT2D eigenvalue weighted by Gasteiger charge is 2.15. The SMILES string of the molecule is O=C(O)c1cnccc1C(=O)NCc1ccoc1. The predicted molar refractivity (Wildman–Crippen MR) is 61.1 cm³/mol. The second-order valence-electron chi connectivity index (χ2n) is 3.54. The molecule has 2 aromatic heterocycles. The van der Waals surface area contributed by atoms with E-state index < -0.39 is 11.9 Å². The van der Waals surface area contributed by atoms with Crippen molar-refractivity contribution in [1.29, 1.82) is 0 Å². The van der Waals surface area contributed by atoms with Crippen molar-refractivity contribution < 1.29 is 19.1 Å². The fourth-order valence-electron chi connectivity index (χ4n) is 1.43. The number of nitrogens with one attached hydrogen (secondary N) is 1. The van der Waals surface area contributed by atoms with Gasteiger partial charge in [0.05, 0.1) is 23.7 Å². The quantitative estimate of drug-likeness (QED) is 0.848. The molecule has 0 saturated carbocycles. The molecule has 0 spiro atoms. The molecule has 92 valence electrons. The molecule has 0 aromatic carbocycles. The lowest BCUT2D eigenvalue weighted by Gasteiger charge is -2.05. The van der Waals surface area contributed by atoms with Gasteiger partial charge in [0, 0.05) is 24.5 Å². The summed E-state index contributed by atoms with van der Waals surface area (Å²) in [5.41, 5.74) is 0.762. The number of carboxylic acid groups (broad SMARTS) is 1. The Morgan fingerprint density at radius 3 is 2.83 bits per heavy atom. The number of rotatable bonds is 4. The van der Waals surface area contributed by atoms with Crippen LogP contribution in [0.1, 0.15) is 26.3 Å². The maximum absolute atomic E-state index is 11.8. The number of aromatic nitrogens is 1. The van der Waals surface area contributed by atoms with Crippen molar-refractivity contribution in [2.24, 2.45) is 0 Å². The summed E-state index contributed by atoms with van der Waals surface area (Å²) in [6.07, 6.45) is 5.52. The Bertz CT molecular complexity index is 563. The van der Waals surface area contributed by atoms with E-state index >= 15 is 0 Å². The van der Waals surface area contributed by atoms with E-state index in [-0.39, 0.29) is 17.7 Å². The van der Waals surface area contributed by atoms with Crippen molar-refractivity contribution in [1.82, 2.24) is 10.3 Å². The predicted octanol–water partition coefficient (Wildman–Crippen LogP) is 1.30. The van der Waals surface area contributed by atoms with Gasteiger partial charge >= 0.3 is 5.97 Å². The van der Waals surface area contributed by atoms with E-state index in [0.29, 0.717) is 0 Å². The molecule has 0 aliphatic carbocycles. The Hall–Kier alpha value is -2.63. The van der Waals surface area contributed by atoms with Crippen LogP contribution in [0.3, 0.4) is 0 Å². The van der Waals surface area contributed by atoms with Gasteiger partial charge in [0.25, 0.3) is 5.91 Å². The number of amides is 1. The van der Waals surface area contributed by atoms with Crippen molar-refractivity contribution in [3.05, 3.63) is 53.7 Å². The zero-order valence-corrected chi connectivity index (χ0v) is 9.29. The summed E-state index contributed by atoms with van der Waals surface area (Å²) < 4.78 is 4.86. The van der Waals surface area contributed by atoms with Gasteiger partial charge in [-0.15, -0.1) is 0 Å². The standard InChI is InChI=1S/C12H10N2O4/c15-11(14-5-8-2-4-18-7-8)9-1-3-13-6-10(9)12(16)17/h1-4,6-7H,5H2,(H,14,15)(H,16,17). The van der Waals surface area contributed by atoms with Gasteiger partial charge < -0.3 is 14.8 Å². The van der Waals surface area contributed by atoms with E-state index in [0.717, 1.165) is 11.8 Å². The van der Waals surface area contributed by atoms with Gasteiger partial charge in [-0.05, 0) is 12.1 Å². The van der Waals surface area contributed by atoms with Crippen LogP contribution >= 0.6 is 0 Å². The van der Waals surface area contributed by atoms with Crippen molar-refractivity contribution in [3.8, 4) is 0 Å². The van der Waals surface area contributed by atoms with Crippen molar-refractivity contribution in [2.45, 2.75) is 6.54 Å². The number of carbonyl (C=O) groups is 2. The molecule has 2 heterocycles. The molecule has 0 fully saturated rings. The Labute approximate surface area is 102 Å². The first-order chi connectivity index (χ1) is 8.68. The summed E-state index contributed by atoms with van der Waals surface area (Å²) in [6.45, 7) is 0.275. The van der Waals surface area contributed by atoms with Crippen LogP contribution in [-0.2, 0) is 6.54 Å². The van der Waals surface area contributed by atoms with Crippen LogP contribution in [0.25, 0.3) is 0 Å². The van der Waals surface area contributed by atoms with Crippen LogP contribution in [0, 0.1) is 0 Å². The zero-order valence-electron chi connectivity index (χ0n) is 9.29. The van der Waals surface area contributed by atoms with Crippen LogP contribution in [0.4, 0.5) is 0 Å². The van der Waals surface area contributed by atoms with Crippen molar-refractivity contribution >= 4 is 11.9 Å². The maximum atomic E-state index is 11.8. The van der Waals surface area contributed by atoms with E-state index in [4.69, 9.17) is 9.52 Å². The van der Waals surface area contributed by atoms with Crippen LogP contribution in [0.5, 0.6) is 0 Å². The molecular formula is C12H10N2O4. The van der Waals surface area contributed by atoms with Gasteiger partial charge in [-0.1, -0.05) is 0 Å². The third-order valence-corrected chi connectivity index (χ3v) is 2.33. The lowest BCUT2D eigenvalue weighted by molar-refractivity contribution is 0.0690. The number of aromatic carboxylic acids is 1. The molecule has 0 aliphatic heterocycles. The number of carbonyl (C=O) groups excluding carboxylic acids is 1. The molecule has 2 rings (SSSR count). The van der Waals surface area contributed by atoms with Gasteiger partial charge in [-0.3, -0.25) is 9.78 Å². The molecule has 6 nitrogen and oxygen atoms in total. The van der Waals surface area contributed by atoms with Crippen LogP contribution in [-0.4, -0.2) is 22.0 Å². The van der Waals surface area contributed by atoms with E-state index in [9.17, 15) is 9.59 Å². The zero-order chi connectivity index (χ0) is 13.0. The molecule has 0 atom stereocenters. The first kappa shape index (κ1) is 11.8. The smallest absolute Gasteiger partial charge is 0.338 e. The highest BCUT2D eigenvalue weighted by Crippen LogP contribution is 2.07. The molecule has 2 N–H and O–H groups in total. The van der Waals surface area contributed by atoms with Gasteiger partial charge in [0.1, 0.15) is 0 Å². The summed E-state index contributed by atoms with van der Waals surface area (Å²) in [6, 6.07) is 3.08. The van der Waals surface area contributed by atoms with E-state index in [1.165, 1.54) is 24.8 Å². The normalized spacial score (nSPS) is 10.0. The summed E-state index contributed by atoms with van der Waals surface area (Å²) in [5, 5.41) is 11.5. The lowest BCUT2D eigenvalue weighted by Crippen LogP contribution is -2.24. The number of furan rings is 1. The number of hydrogen-bond acceptors (Lipinski definition) is 4. The minimum atomic E-state index is -1.18. The molecule has 0 saturated heterocycles. The van der Waals surface area contributed by atoms with Crippen LogP contribution in [0.15, 0.2) is 41.5 Å². The molecule has 6 heteroatoms. The molecule has 1 amide bonds. The Morgan fingerprint density at radius 2 is 2.17 bits per heavy atom. The topological polar surface area (TPSA) is 92.4 Å². The molecule has 0 bridgehead atoms. The average molecular weight is 246 g/mol. The summed E-state index contributed by atoms with van der Waals surface area (Å²) in [4.78, 5) is 26.4. The number of carboxylic acids is 1. The van der Waals surface area contributed by atoms with Gasteiger partial charge in [0.15, 0.2) is 0 Å². The molecular weight excluding hydrogens is 236 g/mol. The summed E-state index contributed by atoms with van der Waals surface area (Å²) in [5.74, 6) is -1.65. The minimum Gasteiger partial charge on any atom is -0.478 e. The highest BCUT2D eigenvalue weighted by molar-refractivity contribution is 6.04. The monoisotopic (exact) mass is 246 g/mol. The van der Waals surface area contributed by atoms with Crippen molar-refractivity contribution in [2.75, 3.05) is 0 Å². The number of pyridine rings is 1. The second-order valence-corrected chi connectivity index (χ2v) is 3.54. The number of nitrogens with zero attached hydrogens (tertiary/aromatic N) is 1. The summed E-state index contributed by atoms with van der Waals surface area (Å²) >= 11 is 0. The molecule has 2 aromatic rings. The third-order valence-electron chi connectivity index (χ3n) is 2.33. The van der Waals surface area contributed by atoms with Crippen LogP contribution < -0.4 is 5.32 Å². The lowest BCUT2D eigenvalue weighted by atomic mass is 10.1. The molecule has 0 radical (unpaired) electrons. The van der Waals surface area contributed by atoms with Gasteiger partial charge in [-0.25, -0.2) is 4.79 Å². The fraction of sp³-hybridized carbons (Fsp3) is 0.0833. The minimum absolute atomic E-state index is 0.0843. The van der Waals surface area contributed by atoms with Crippen LogP contribution in [0.2, 0.25) is 0 Å². The van der Waals surface area contributed by atoms with E-state index in [1.807, 2.05) is 0 Å². The molecule has 0 aliphatic rings. The molecule has 0 unspecified atom stereocenters. The number of hydrogen-bond donors (Lipinski definition) is 2. The van der Waals surface area contributed by atoms with E-state index in [2.05, 4.69) is 10.3 Å². The fourth-order valence-corrected chi connectivity index (χ4v) is 1.43. The Balaban J connectivity index is 2.11. The average Bonchev–Trinajstić information content (AvgIpc) is 2.89. The largest absolute Gasteiger partial charge is 0.478 e.